The lowest BCUT2D eigenvalue weighted by Crippen LogP contribution is -2.65. The molecule has 6 atom stereocenters. The number of nitrogens with one attached hydrogen (secondary N) is 1. The van der Waals surface area contributed by atoms with Crippen LogP contribution in [0.1, 0.15) is 151 Å². The topological polar surface area (TPSA) is 329 Å². The standard InChI is InChI=1S/C42H61BN4O11.C18H22BN4O7/c1-38(2,3)54-35(49)31-28(52-26-20-47(21-26)34(48)32(27-22-46(13)23-44-27)45-36(50)55-39(4,5)6)15-14-24(33(31)53-37(51)56-40(7,8)9)16-17-43-57-30-19-25-18-29(41(25,10)11)42(30,12)58-43;1-22-8-12(21-9-22)15(20)17(24)23-6-11(7-23)29-13-3-2-10-4-5-19(27,28)30-16(10)14(13)18(25)26/h14-15,22-23,25-26,29-30,32H,16-21H2,1-13H3,(H,45,50);2-3,8-9,11,15,27-28H,4-7,20H2,1H3,(H,25,26)/q;-1/p-1/t25-,29-,30+,32?,42-;/m0./s1. The van der Waals surface area contributed by atoms with Gasteiger partial charge in [0, 0.05) is 26.5 Å². The Kier molecular flexibility index (Phi) is 17.9. The van der Waals surface area contributed by atoms with Crippen molar-refractivity contribution < 1.29 is 86.3 Å². The van der Waals surface area contributed by atoms with Gasteiger partial charge in [-0.2, -0.15) is 0 Å². The highest BCUT2D eigenvalue weighted by Gasteiger charge is 2.67. The average molecular weight is 1220 g/mol. The molecule has 4 aliphatic heterocycles. The number of amides is 3. The molecule has 6 heterocycles. The second-order valence-corrected chi connectivity index (χ2v) is 27.6. The van der Waals surface area contributed by atoms with E-state index in [2.05, 4.69) is 36.1 Å². The number of carboxylic acids is 1. The number of esters is 1. The van der Waals surface area contributed by atoms with Gasteiger partial charge in [-0.25, -0.2) is 24.4 Å². The van der Waals surface area contributed by atoms with Crippen LogP contribution in [-0.2, 0) is 60.0 Å². The van der Waals surface area contributed by atoms with Crippen LogP contribution in [0.2, 0.25) is 12.6 Å². The third-order valence-electron chi connectivity index (χ3n) is 16.7. The van der Waals surface area contributed by atoms with Crippen molar-refractivity contribution >= 4 is 49.9 Å². The number of aryl methyl sites for hydroxylation is 4. The van der Waals surface area contributed by atoms with Gasteiger partial charge in [-0.3, -0.25) is 9.59 Å². The fourth-order valence-electron chi connectivity index (χ4n) is 12.2. The van der Waals surface area contributed by atoms with Gasteiger partial charge in [0.25, 0.3) is 5.91 Å². The summed E-state index contributed by atoms with van der Waals surface area (Å²) in [6.07, 6.45) is 6.71. The van der Waals surface area contributed by atoms with Gasteiger partial charge < -0.3 is 92.3 Å². The minimum atomic E-state index is -3.14. The van der Waals surface area contributed by atoms with E-state index in [9.17, 15) is 43.9 Å². The largest absolute Gasteiger partial charge is 0.669 e. The molecule has 0 spiro atoms. The zero-order valence-electron chi connectivity index (χ0n) is 52.6. The van der Waals surface area contributed by atoms with Gasteiger partial charge in [-0.1, -0.05) is 32.3 Å². The van der Waals surface area contributed by atoms with Crippen LogP contribution in [0.4, 0.5) is 9.59 Å². The molecule has 28 heteroatoms. The molecule has 26 nitrogen and oxygen atoms in total. The highest BCUT2D eigenvalue weighted by atomic mass is 16.7. The fourth-order valence-corrected chi connectivity index (χ4v) is 12.2. The number of benzene rings is 2. The summed E-state index contributed by atoms with van der Waals surface area (Å²) in [6.45, 7) is 19.9. The summed E-state index contributed by atoms with van der Waals surface area (Å²) >= 11 is 0. The first-order chi connectivity index (χ1) is 40.9. The second-order valence-electron chi connectivity index (χ2n) is 27.6. The molecule has 3 aliphatic carbocycles. The van der Waals surface area contributed by atoms with Crippen molar-refractivity contribution in [2.24, 2.45) is 37.1 Å². The maximum absolute atomic E-state index is 14.1. The number of aromatic carboxylic acids is 1. The molecule has 3 saturated carbocycles. The molecule has 4 aromatic rings. The number of aromatic nitrogens is 4. The molecule has 2 unspecified atom stereocenters. The number of ether oxygens (including phenoxy) is 6. The molecule has 5 N–H and O–H groups in total. The predicted molar refractivity (Wildman–Crippen MR) is 315 cm³/mol. The van der Waals surface area contributed by atoms with Crippen molar-refractivity contribution in [3.05, 3.63) is 83.0 Å². The first-order valence-electron chi connectivity index (χ1n) is 29.8. The number of nitrogens with zero attached hydrogens (tertiary/aromatic N) is 6. The smallest absolute Gasteiger partial charge is 0.514 e. The lowest BCUT2D eigenvalue weighted by molar-refractivity contribution is -0.255. The molecule has 0 radical (unpaired) electrons. The highest BCUT2D eigenvalue weighted by Crippen LogP contribution is 2.66. The Hall–Kier alpha value is -7.39. The van der Waals surface area contributed by atoms with Crippen molar-refractivity contribution in [2.45, 2.75) is 174 Å². The minimum Gasteiger partial charge on any atom is -0.669 e. The van der Waals surface area contributed by atoms with E-state index in [-0.39, 0.29) is 96.1 Å². The Morgan fingerprint density at radius 3 is 1.92 bits per heavy atom. The number of rotatable bonds is 15. The van der Waals surface area contributed by atoms with Crippen LogP contribution in [-0.4, -0.2) is 156 Å². The van der Waals surface area contributed by atoms with E-state index in [0.29, 0.717) is 47.1 Å². The zero-order chi connectivity index (χ0) is 64.4. The molecule has 88 heavy (non-hydrogen) atoms. The van der Waals surface area contributed by atoms with Gasteiger partial charge in [0.1, 0.15) is 52.1 Å². The third kappa shape index (κ3) is 14.5. The first-order valence-corrected chi connectivity index (χ1v) is 29.8. The van der Waals surface area contributed by atoms with Crippen molar-refractivity contribution in [3.8, 4) is 23.0 Å². The van der Waals surface area contributed by atoms with Crippen molar-refractivity contribution in [3.63, 3.8) is 0 Å². The number of nitrogens with two attached hydrogens (primary N) is 1. The molecule has 478 valence electrons. The number of hydrogen-bond acceptors (Lipinski definition) is 21. The maximum Gasteiger partial charge on any atom is 0.514 e. The van der Waals surface area contributed by atoms with Crippen molar-refractivity contribution in [2.75, 3.05) is 26.2 Å². The molecule has 2 aromatic carbocycles. The van der Waals surface area contributed by atoms with E-state index in [1.54, 1.807) is 122 Å². The SMILES string of the molecule is Cn1cnc(C(N)C(=O)N2CC(Oc3ccc4c(c3C(=O)[O-])O[B-](O)(O)CC4)C2)c1.Cn1cnc(C(NC(=O)OC(C)(C)C)C(=O)N2CC(Oc3ccc(CCB4O[C@@H]5C[C@@H]6C[C@@H](C6(C)C)[C@]5(C)O4)c(OC(=O)OC(C)(C)C)c3C(=O)OC(C)(C)C)C2)c1. The van der Waals surface area contributed by atoms with Crippen LogP contribution in [0.3, 0.4) is 0 Å². The number of fused-ring (bicyclic) bond motifs is 1. The molecule has 3 saturated heterocycles. The fraction of sp³-hybridized carbons (Fsp3) is 0.600. The molecule has 2 aromatic heterocycles. The van der Waals surface area contributed by atoms with Crippen molar-refractivity contribution in [1.29, 1.82) is 0 Å². The van der Waals surface area contributed by atoms with Gasteiger partial charge in [0.05, 0.1) is 79.2 Å². The molecule has 3 amide bonds. The highest BCUT2D eigenvalue weighted by molar-refractivity contribution is 6.59. The van der Waals surface area contributed by atoms with Crippen LogP contribution < -0.4 is 35.0 Å². The number of carbonyl (C=O) groups excluding carboxylic acids is 6. The molecule has 2 bridgehead atoms. The van der Waals surface area contributed by atoms with Crippen LogP contribution in [0.15, 0.2) is 49.3 Å². The predicted octanol–water partition coefficient (Wildman–Crippen LogP) is 4.75. The summed E-state index contributed by atoms with van der Waals surface area (Å²) in [6, 6.07) is 4.48. The molecular weight excluding hydrogens is 1140 g/mol. The second kappa shape index (κ2) is 24.2. The van der Waals surface area contributed by atoms with E-state index < -0.39 is 85.1 Å². The number of imidazole rings is 2. The first kappa shape index (κ1) is 65.1. The van der Waals surface area contributed by atoms with Gasteiger partial charge in [0.15, 0.2) is 11.8 Å². The number of carbonyl (C=O) groups is 6. The Morgan fingerprint density at radius 1 is 0.795 bits per heavy atom. The summed E-state index contributed by atoms with van der Waals surface area (Å²) < 4.78 is 56.5. The van der Waals surface area contributed by atoms with E-state index in [1.165, 1.54) is 22.2 Å². The Labute approximate surface area is 512 Å². The van der Waals surface area contributed by atoms with Crippen LogP contribution in [0, 0.1) is 17.3 Å². The van der Waals surface area contributed by atoms with Gasteiger partial charge in [-0.05, 0) is 142 Å². The van der Waals surface area contributed by atoms with E-state index in [4.69, 9.17) is 48.1 Å². The maximum atomic E-state index is 14.1. The lowest BCUT2D eigenvalue weighted by Gasteiger charge is -2.64. The summed E-state index contributed by atoms with van der Waals surface area (Å²) in [7, 11) is 3.05. The molecule has 11 rings (SSSR count). The number of hydrogen-bond donors (Lipinski definition) is 4. The summed E-state index contributed by atoms with van der Waals surface area (Å²) in [5.41, 5.74) is 4.60. The number of alkyl carbamates (subject to hydrolysis) is 1. The van der Waals surface area contributed by atoms with E-state index in [0.717, 1.165) is 12.8 Å². The quantitative estimate of drug-likeness (QED) is 0.0540. The molecular formula is C60H82B2N8O18-2. The molecule has 7 aliphatic rings. The number of likely N-dealkylation sites (tertiary alicyclic amines) is 2. The normalized spacial score (nSPS) is 22.5. The van der Waals surface area contributed by atoms with Crippen molar-refractivity contribution in [1.82, 2.24) is 34.2 Å². The van der Waals surface area contributed by atoms with Gasteiger partial charge >= 0.3 is 32.1 Å². The number of carboxylic acid groups (broad SMARTS) is 1. The van der Waals surface area contributed by atoms with Crippen LogP contribution >= 0.6 is 0 Å². The summed E-state index contributed by atoms with van der Waals surface area (Å²) in [5, 5.41) is 33.9. The minimum absolute atomic E-state index is 0.00103. The Balaban J connectivity index is 0.000000256. The zero-order valence-corrected chi connectivity index (χ0v) is 52.6. The average Bonchev–Trinajstić information content (AvgIpc) is 1.34. The van der Waals surface area contributed by atoms with Gasteiger partial charge in [-0.15, -0.1) is 0 Å². The summed E-state index contributed by atoms with van der Waals surface area (Å²) in [4.78, 5) is 89.6. The Bertz CT molecular complexity index is 3320. The van der Waals surface area contributed by atoms with Crippen LogP contribution in [0.5, 0.6) is 23.0 Å². The van der Waals surface area contributed by atoms with E-state index >= 15 is 0 Å². The lowest BCUT2D eigenvalue weighted by atomic mass is 9.43. The van der Waals surface area contributed by atoms with Gasteiger partial charge in [0.2, 0.25) is 5.91 Å². The van der Waals surface area contributed by atoms with E-state index in [1.807, 2.05) is 0 Å². The Morgan fingerprint density at radius 2 is 1.36 bits per heavy atom. The summed E-state index contributed by atoms with van der Waals surface area (Å²) in [5.74, 6) is -2.15. The van der Waals surface area contributed by atoms with Crippen LogP contribution in [0.25, 0.3) is 0 Å². The molecule has 6 fully saturated rings. The third-order valence-corrected chi connectivity index (χ3v) is 16.7. The monoisotopic (exact) mass is 1220 g/mol.